The lowest BCUT2D eigenvalue weighted by molar-refractivity contribution is -0.139. The first-order chi connectivity index (χ1) is 21.9. The SMILES string of the molecule is C=C(CC)C(=O)OCCC(CCO)CCCC1CCC(C2CCC(c3cc4ccc(CCCCC)cc4cc3CC)CC2)CC1. The molecular weight excluding hydrogens is 552 g/mol. The molecule has 4 rings (SSSR count). The Hall–Kier alpha value is -2.13. The van der Waals surface area contributed by atoms with E-state index < -0.39 is 0 Å². The molecule has 0 aliphatic heterocycles. The molecule has 2 aromatic carbocycles. The molecule has 2 fully saturated rings. The van der Waals surface area contributed by atoms with Crippen LogP contribution in [-0.2, 0) is 22.4 Å². The number of benzene rings is 2. The molecule has 1 atom stereocenters. The second-order valence-corrected chi connectivity index (χ2v) is 14.6. The van der Waals surface area contributed by atoms with Crippen molar-refractivity contribution >= 4 is 16.7 Å². The highest BCUT2D eigenvalue weighted by Gasteiger charge is 2.32. The average Bonchev–Trinajstić information content (AvgIpc) is 3.07. The van der Waals surface area contributed by atoms with Crippen LogP contribution in [0.1, 0.15) is 153 Å². The fourth-order valence-corrected chi connectivity index (χ4v) is 8.56. The van der Waals surface area contributed by atoms with Gasteiger partial charge >= 0.3 is 5.97 Å². The highest BCUT2D eigenvalue weighted by atomic mass is 16.5. The predicted octanol–water partition coefficient (Wildman–Crippen LogP) is 11.3. The molecule has 0 saturated heterocycles. The average molecular weight is 617 g/mol. The van der Waals surface area contributed by atoms with Gasteiger partial charge in [0.05, 0.1) is 6.61 Å². The lowest BCUT2D eigenvalue weighted by atomic mass is 9.67. The summed E-state index contributed by atoms with van der Waals surface area (Å²) in [5.74, 6) is 3.64. The van der Waals surface area contributed by atoms with Crippen molar-refractivity contribution in [3.63, 3.8) is 0 Å². The van der Waals surface area contributed by atoms with Crippen LogP contribution in [0.15, 0.2) is 42.5 Å². The van der Waals surface area contributed by atoms with Crippen molar-refractivity contribution in [3.8, 4) is 0 Å². The summed E-state index contributed by atoms with van der Waals surface area (Å²) in [6, 6.07) is 12.3. The van der Waals surface area contributed by atoms with E-state index in [1.807, 2.05) is 6.92 Å². The molecule has 3 heteroatoms. The van der Waals surface area contributed by atoms with Crippen molar-refractivity contribution in [2.75, 3.05) is 13.2 Å². The van der Waals surface area contributed by atoms with Crippen LogP contribution in [0.2, 0.25) is 0 Å². The van der Waals surface area contributed by atoms with Crippen molar-refractivity contribution in [3.05, 3.63) is 59.2 Å². The first-order valence-corrected chi connectivity index (χ1v) is 19.0. The van der Waals surface area contributed by atoms with Crippen LogP contribution in [0.5, 0.6) is 0 Å². The van der Waals surface area contributed by atoms with Crippen LogP contribution in [0.25, 0.3) is 10.8 Å². The first-order valence-electron chi connectivity index (χ1n) is 19.0. The van der Waals surface area contributed by atoms with E-state index in [1.54, 1.807) is 11.1 Å². The highest BCUT2D eigenvalue weighted by molar-refractivity contribution is 5.87. The van der Waals surface area contributed by atoms with Crippen LogP contribution in [-0.4, -0.2) is 24.3 Å². The Morgan fingerprint density at radius 2 is 1.60 bits per heavy atom. The summed E-state index contributed by atoms with van der Waals surface area (Å²) in [5.41, 5.74) is 5.28. The standard InChI is InChI=1S/C42H64O3/c1-5-8-9-11-34-16-19-39-30-41(35(7-3)29-40(39)28-34)38-22-20-37(21-23-38)36-17-14-32(15-18-36)12-10-13-33(24-26-43)25-27-45-42(44)31(4)6-2/h16,19,28-30,32-33,36-38,43H,4-15,17-18,20-27H2,1-3H3. The van der Waals surface area contributed by atoms with Gasteiger partial charge in [0.25, 0.3) is 0 Å². The van der Waals surface area contributed by atoms with Crippen LogP contribution in [0.3, 0.4) is 0 Å². The molecule has 0 amide bonds. The van der Waals surface area contributed by atoms with E-state index in [0.29, 0.717) is 24.5 Å². The third-order valence-electron chi connectivity index (χ3n) is 11.6. The number of aliphatic hydroxyl groups excluding tert-OH is 1. The number of hydrogen-bond donors (Lipinski definition) is 1. The molecule has 0 bridgehead atoms. The van der Waals surface area contributed by atoms with Crippen LogP contribution >= 0.6 is 0 Å². The fraction of sp³-hybridized carbons (Fsp3) is 0.690. The Morgan fingerprint density at radius 3 is 2.27 bits per heavy atom. The van der Waals surface area contributed by atoms with Gasteiger partial charge in [0.1, 0.15) is 0 Å². The number of carbonyl (C=O) groups is 1. The Labute approximate surface area is 275 Å². The van der Waals surface area contributed by atoms with E-state index in [1.165, 1.54) is 106 Å². The number of rotatable bonds is 18. The molecule has 250 valence electrons. The number of hydrogen-bond acceptors (Lipinski definition) is 3. The summed E-state index contributed by atoms with van der Waals surface area (Å²) >= 11 is 0. The van der Waals surface area contributed by atoms with E-state index in [-0.39, 0.29) is 12.6 Å². The van der Waals surface area contributed by atoms with Gasteiger partial charge in [-0.3, -0.25) is 0 Å². The van der Waals surface area contributed by atoms with Crippen molar-refractivity contribution in [2.45, 2.75) is 149 Å². The second kappa shape index (κ2) is 18.9. The fourth-order valence-electron chi connectivity index (χ4n) is 8.56. The number of aryl methyl sites for hydroxylation is 2. The minimum Gasteiger partial charge on any atom is -0.462 e. The largest absolute Gasteiger partial charge is 0.462 e. The van der Waals surface area contributed by atoms with Gasteiger partial charge in [0, 0.05) is 12.2 Å². The normalized spacial score (nSPS) is 22.8. The van der Waals surface area contributed by atoms with E-state index >= 15 is 0 Å². The maximum Gasteiger partial charge on any atom is 0.333 e. The van der Waals surface area contributed by atoms with E-state index in [2.05, 4.69) is 50.8 Å². The third kappa shape index (κ3) is 10.7. The van der Waals surface area contributed by atoms with Gasteiger partial charge in [0.15, 0.2) is 0 Å². The first kappa shape index (κ1) is 35.7. The summed E-state index contributed by atoms with van der Waals surface area (Å²) in [7, 11) is 0. The molecule has 1 N–H and O–H groups in total. The van der Waals surface area contributed by atoms with Crippen molar-refractivity contribution in [2.24, 2.45) is 23.7 Å². The minimum absolute atomic E-state index is 0.217. The van der Waals surface area contributed by atoms with Gasteiger partial charge in [-0.05, 0) is 134 Å². The molecule has 1 unspecified atom stereocenters. The molecule has 3 nitrogen and oxygen atoms in total. The molecule has 0 radical (unpaired) electrons. The molecule has 2 aliphatic carbocycles. The van der Waals surface area contributed by atoms with Gasteiger partial charge < -0.3 is 9.84 Å². The van der Waals surface area contributed by atoms with Crippen LogP contribution < -0.4 is 0 Å². The topological polar surface area (TPSA) is 46.5 Å². The maximum absolute atomic E-state index is 11.9. The third-order valence-corrected chi connectivity index (χ3v) is 11.6. The lowest BCUT2D eigenvalue weighted by Gasteiger charge is -2.38. The number of unbranched alkanes of at least 4 members (excludes halogenated alkanes) is 2. The van der Waals surface area contributed by atoms with Gasteiger partial charge in [0.2, 0.25) is 0 Å². The molecule has 2 saturated carbocycles. The number of carbonyl (C=O) groups excluding carboxylic acids is 1. The van der Waals surface area contributed by atoms with E-state index in [0.717, 1.165) is 49.4 Å². The van der Waals surface area contributed by atoms with Crippen molar-refractivity contribution in [1.82, 2.24) is 0 Å². The van der Waals surface area contributed by atoms with Gasteiger partial charge in [-0.15, -0.1) is 0 Å². The Morgan fingerprint density at radius 1 is 0.867 bits per heavy atom. The zero-order valence-electron chi connectivity index (χ0n) is 29.1. The summed E-state index contributed by atoms with van der Waals surface area (Å²) in [5, 5.41) is 12.4. The molecule has 45 heavy (non-hydrogen) atoms. The predicted molar refractivity (Wildman–Crippen MR) is 191 cm³/mol. The molecule has 2 aliphatic rings. The maximum atomic E-state index is 11.9. The molecule has 2 aromatic rings. The Bertz CT molecular complexity index is 1180. The van der Waals surface area contributed by atoms with Gasteiger partial charge in [-0.1, -0.05) is 103 Å². The number of esters is 1. The monoisotopic (exact) mass is 616 g/mol. The number of fused-ring (bicyclic) bond motifs is 1. The van der Waals surface area contributed by atoms with E-state index in [9.17, 15) is 9.90 Å². The zero-order chi connectivity index (χ0) is 32.0. The summed E-state index contributed by atoms with van der Waals surface area (Å²) in [4.78, 5) is 11.9. The summed E-state index contributed by atoms with van der Waals surface area (Å²) in [6.07, 6.45) is 23.4. The van der Waals surface area contributed by atoms with Gasteiger partial charge in [-0.2, -0.15) is 0 Å². The summed E-state index contributed by atoms with van der Waals surface area (Å²) in [6.45, 7) is 11.0. The quantitative estimate of drug-likeness (QED) is 0.103. The van der Waals surface area contributed by atoms with Crippen molar-refractivity contribution in [1.29, 1.82) is 0 Å². The van der Waals surface area contributed by atoms with Gasteiger partial charge in [-0.25, -0.2) is 4.79 Å². The number of ether oxygens (including phenoxy) is 1. The van der Waals surface area contributed by atoms with Crippen molar-refractivity contribution < 1.29 is 14.6 Å². The molecular formula is C42H64O3. The Kier molecular flexibility index (Phi) is 15.0. The zero-order valence-corrected chi connectivity index (χ0v) is 29.1. The summed E-state index contributed by atoms with van der Waals surface area (Å²) < 4.78 is 5.39. The molecule has 0 heterocycles. The Balaban J connectivity index is 1.19. The molecule has 0 aromatic heterocycles. The van der Waals surface area contributed by atoms with Crippen LogP contribution in [0.4, 0.5) is 0 Å². The van der Waals surface area contributed by atoms with Crippen LogP contribution in [0, 0.1) is 23.7 Å². The van der Waals surface area contributed by atoms with E-state index in [4.69, 9.17) is 4.74 Å². The smallest absolute Gasteiger partial charge is 0.333 e. The lowest BCUT2D eigenvalue weighted by Crippen LogP contribution is -2.25. The highest BCUT2D eigenvalue weighted by Crippen LogP contribution is 2.45. The minimum atomic E-state index is -0.267. The number of aliphatic hydroxyl groups is 1. The molecule has 0 spiro atoms. The second-order valence-electron chi connectivity index (χ2n) is 14.6.